The average Bonchev–Trinajstić information content (AvgIpc) is 2.43. The molecule has 0 saturated heterocycles. The SMILES string of the molecule is Cc1[nH]c2cccc(F)c2c1CC(=O)O. The summed E-state index contributed by atoms with van der Waals surface area (Å²) in [7, 11) is 0. The number of aryl methyl sites for hydroxylation is 1. The van der Waals surface area contributed by atoms with Crippen LogP contribution in [0.5, 0.6) is 0 Å². The highest BCUT2D eigenvalue weighted by Crippen LogP contribution is 2.25. The van der Waals surface area contributed by atoms with Crippen molar-refractivity contribution in [1.29, 1.82) is 0 Å². The first kappa shape index (κ1) is 9.71. The fraction of sp³-hybridized carbons (Fsp3) is 0.182. The van der Waals surface area contributed by atoms with E-state index in [2.05, 4.69) is 4.98 Å². The van der Waals surface area contributed by atoms with Crippen molar-refractivity contribution >= 4 is 16.9 Å². The largest absolute Gasteiger partial charge is 0.481 e. The molecule has 0 aliphatic heterocycles. The van der Waals surface area contributed by atoms with Crippen LogP contribution in [-0.4, -0.2) is 16.1 Å². The number of carboxylic acid groups (broad SMARTS) is 1. The van der Waals surface area contributed by atoms with Gasteiger partial charge < -0.3 is 10.1 Å². The molecule has 0 unspecified atom stereocenters. The highest BCUT2D eigenvalue weighted by atomic mass is 19.1. The van der Waals surface area contributed by atoms with Gasteiger partial charge in [0.05, 0.1) is 6.42 Å². The molecule has 1 aromatic heterocycles. The Hall–Kier alpha value is -1.84. The van der Waals surface area contributed by atoms with Crippen LogP contribution in [0, 0.1) is 12.7 Å². The number of nitrogens with one attached hydrogen (secondary N) is 1. The highest BCUT2D eigenvalue weighted by Gasteiger charge is 2.14. The Morgan fingerprint density at radius 1 is 1.53 bits per heavy atom. The van der Waals surface area contributed by atoms with Crippen LogP contribution in [0.25, 0.3) is 10.9 Å². The van der Waals surface area contributed by atoms with Crippen LogP contribution in [0.1, 0.15) is 11.3 Å². The number of fused-ring (bicyclic) bond motifs is 1. The lowest BCUT2D eigenvalue weighted by Gasteiger charge is -1.97. The predicted octanol–water partition coefficient (Wildman–Crippen LogP) is 2.24. The van der Waals surface area contributed by atoms with Crippen LogP contribution in [0.2, 0.25) is 0 Å². The summed E-state index contributed by atoms with van der Waals surface area (Å²) < 4.78 is 13.5. The summed E-state index contributed by atoms with van der Waals surface area (Å²) in [6.45, 7) is 1.75. The van der Waals surface area contributed by atoms with E-state index in [4.69, 9.17) is 5.11 Å². The molecule has 2 aromatic rings. The van der Waals surface area contributed by atoms with Crippen molar-refractivity contribution in [3.8, 4) is 0 Å². The van der Waals surface area contributed by atoms with Crippen molar-refractivity contribution in [3.05, 3.63) is 35.3 Å². The van der Waals surface area contributed by atoms with Gasteiger partial charge >= 0.3 is 5.97 Å². The second-order valence-electron chi connectivity index (χ2n) is 3.46. The maximum Gasteiger partial charge on any atom is 0.307 e. The number of carboxylic acids is 1. The summed E-state index contributed by atoms with van der Waals surface area (Å²) in [4.78, 5) is 13.6. The van der Waals surface area contributed by atoms with E-state index in [1.165, 1.54) is 6.07 Å². The zero-order chi connectivity index (χ0) is 11.0. The number of hydrogen-bond donors (Lipinski definition) is 2. The number of hydrogen-bond acceptors (Lipinski definition) is 1. The molecule has 0 radical (unpaired) electrons. The second-order valence-corrected chi connectivity index (χ2v) is 3.46. The summed E-state index contributed by atoms with van der Waals surface area (Å²) in [5.74, 6) is -1.34. The molecule has 1 heterocycles. The third-order valence-electron chi connectivity index (χ3n) is 2.42. The number of carbonyl (C=O) groups is 1. The van der Waals surface area contributed by atoms with E-state index >= 15 is 0 Å². The molecule has 78 valence electrons. The standard InChI is InChI=1S/C11H10FNO2/c1-6-7(5-10(14)15)11-8(12)3-2-4-9(11)13-6/h2-4,13H,5H2,1H3,(H,14,15). The number of halogens is 1. The number of H-pyrrole nitrogens is 1. The van der Waals surface area contributed by atoms with Gasteiger partial charge in [0.2, 0.25) is 0 Å². The first-order valence-electron chi connectivity index (χ1n) is 4.57. The van der Waals surface area contributed by atoms with Crippen molar-refractivity contribution < 1.29 is 14.3 Å². The lowest BCUT2D eigenvalue weighted by Crippen LogP contribution is -2.01. The Kier molecular flexibility index (Phi) is 2.19. The molecule has 2 N–H and O–H groups in total. The number of benzene rings is 1. The lowest BCUT2D eigenvalue weighted by atomic mass is 10.1. The normalized spacial score (nSPS) is 10.8. The van der Waals surface area contributed by atoms with Crippen LogP contribution >= 0.6 is 0 Å². The molecule has 3 nitrogen and oxygen atoms in total. The number of rotatable bonds is 2. The van der Waals surface area contributed by atoms with Crippen LogP contribution in [0.15, 0.2) is 18.2 Å². The van der Waals surface area contributed by atoms with Crippen molar-refractivity contribution in [1.82, 2.24) is 4.98 Å². The molecule has 0 atom stereocenters. The summed E-state index contributed by atoms with van der Waals surface area (Å²) in [5.41, 5.74) is 1.87. The predicted molar refractivity (Wildman–Crippen MR) is 54.3 cm³/mol. The van der Waals surface area contributed by atoms with E-state index in [0.717, 1.165) is 0 Å². The average molecular weight is 207 g/mol. The van der Waals surface area contributed by atoms with Gasteiger partial charge in [-0.2, -0.15) is 0 Å². The number of aliphatic carboxylic acids is 1. The Morgan fingerprint density at radius 2 is 2.27 bits per heavy atom. The molecular formula is C11H10FNO2. The van der Waals surface area contributed by atoms with Gasteiger partial charge in [0.15, 0.2) is 0 Å². The van der Waals surface area contributed by atoms with Gasteiger partial charge in [0.1, 0.15) is 5.82 Å². The van der Waals surface area contributed by atoms with E-state index in [1.807, 2.05) is 0 Å². The van der Waals surface area contributed by atoms with Crippen LogP contribution in [0.4, 0.5) is 4.39 Å². The Balaban J connectivity index is 2.71. The molecule has 0 spiro atoms. The molecule has 0 saturated carbocycles. The van der Waals surface area contributed by atoms with Crippen molar-refractivity contribution in [3.63, 3.8) is 0 Å². The third-order valence-corrected chi connectivity index (χ3v) is 2.42. The van der Waals surface area contributed by atoms with E-state index in [9.17, 15) is 9.18 Å². The molecular weight excluding hydrogens is 197 g/mol. The topological polar surface area (TPSA) is 53.1 Å². The second kappa shape index (κ2) is 3.38. The molecule has 0 amide bonds. The van der Waals surface area contributed by atoms with Crippen molar-refractivity contribution in [2.45, 2.75) is 13.3 Å². The van der Waals surface area contributed by atoms with Gasteiger partial charge in [0.25, 0.3) is 0 Å². The van der Waals surface area contributed by atoms with Gasteiger partial charge in [0, 0.05) is 16.6 Å². The summed E-state index contributed by atoms with van der Waals surface area (Å²) >= 11 is 0. The van der Waals surface area contributed by atoms with Gasteiger partial charge in [-0.25, -0.2) is 4.39 Å². The molecule has 1 aromatic carbocycles. The lowest BCUT2D eigenvalue weighted by molar-refractivity contribution is -0.136. The van der Waals surface area contributed by atoms with Gasteiger partial charge in [-0.05, 0) is 24.6 Å². The van der Waals surface area contributed by atoms with Gasteiger partial charge in [-0.3, -0.25) is 4.79 Å². The molecule has 2 rings (SSSR count). The summed E-state index contributed by atoms with van der Waals surface area (Å²) in [6, 6.07) is 4.66. The Bertz CT molecular complexity index is 531. The maximum absolute atomic E-state index is 13.5. The zero-order valence-electron chi connectivity index (χ0n) is 8.17. The minimum Gasteiger partial charge on any atom is -0.481 e. The molecule has 0 bridgehead atoms. The fourth-order valence-electron chi connectivity index (χ4n) is 1.77. The molecule has 0 aliphatic rings. The van der Waals surface area contributed by atoms with E-state index in [1.54, 1.807) is 19.1 Å². The van der Waals surface area contributed by atoms with Gasteiger partial charge in [-0.1, -0.05) is 6.07 Å². The number of aromatic amines is 1. The van der Waals surface area contributed by atoms with Crippen molar-refractivity contribution in [2.75, 3.05) is 0 Å². The quantitative estimate of drug-likeness (QED) is 0.793. The minimum atomic E-state index is -0.956. The Morgan fingerprint density at radius 3 is 2.93 bits per heavy atom. The van der Waals surface area contributed by atoms with Gasteiger partial charge in [-0.15, -0.1) is 0 Å². The third kappa shape index (κ3) is 1.58. The molecule has 15 heavy (non-hydrogen) atoms. The van der Waals surface area contributed by atoms with E-state index < -0.39 is 5.97 Å². The molecule has 4 heteroatoms. The minimum absolute atomic E-state index is 0.160. The summed E-state index contributed by atoms with van der Waals surface area (Å²) in [5, 5.41) is 9.11. The van der Waals surface area contributed by atoms with Crippen LogP contribution in [0.3, 0.4) is 0 Å². The fourth-order valence-corrected chi connectivity index (χ4v) is 1.77. The van der Waals surface area contributed by atoms with E-state index in [0.29, 0.717) is 22.2 Å². The Labute approximate surface area is 85.5 Å². The zero-order valence-corrected chi connectivity index (χ0v) is 8.17. The first-order chi connectivity index (χ1) is 7.09. The highest BCUT2D eigenvalue weighted by molar-refractivity contribution is 5.88. The van der Waals surface area contributed by atoms with Crippen molar-refractivity contribution in [2.24, 2.45) is 0 Å². The summed E-state index contributed by atoms with van der Waals surface area (Å²) in [6.07, 6.45) is -0.160. The maximum atomic E-state index is 13.5. The van der Waals surface area contributed by atoms with E-state index in [-0.39, 0.29) is 12.2 Å². The first-order valence-corrected chi connectivity index (χ1v) is 4.57. The molecule has 0 aliphatic carbocycles. The number of aromatic nitrogens is 1. The van der Waals surface area contributed by atoms with Crippen LogP contribution < -0.4 is 0 Å². The smallest absolute Gasteiger partial charge is 0.307 e. The monoisotopic (exact) mass is 207 g/mol. The van der Waals surface area contributed by atoms with Crippen LogP contribution in [-0.2, 0) is 11.2 Å². The molecule has 0 fully saturated rings.